The third-order valence-corrected chi connectivity index (χ3v) is 4.51. The SMILES string of the molecule is COc1cc(CNCc2ncccc2S(C)(=O)=O)ccc1C. The van der Waals surface area contributed by atoms with Gasteiger partial charge in [0, 0.05) is 25.5 Å². The van der Waals surface area contributed by atoms with Crippen LogP contribution in [0.5, 0.6) is 5.75 Å². The largest absolute Gasteiger partial charge is 0.496 e. The molecule has 0 spiro atoms. The number of hydrogen-bond acceptors (Lipinski definition) is 5. The van der Waals surface area contributed by atoms with E-state index in [0.29, 0.717) is 18.8 Å². The molecule has 0 amide bonds. The molecule has 0 fully saturated rings. The zero-order chi connectivity index (χ0) is 16.2. The molecule has 1 aromatic carbocycles. The predicted molar refractivity (Wildman–Crippen MR) is 85.6 cm³/mol. The van der Waals surface area contributed by atoms with Crippen LogP contribution in [-0.4, -0.2) is 26.8 Å². The van der Waals surface area contributed by atoms with E-state index in [1.807, 2.05) is 25.1 Å². The highest BCUT2D eigenvalue weighted by atomic mass is 32.2. The monoisotopic (exact) mass is 320 g/mol. The fourth-order valence-corrected chi connectivity index (χ4v) is 3.07. The zero-order valence-electron chi connectivity index (χ0n) is 13.0. The fourth-order valence-electron chi connectivity index (χ4n) is 2.19. The molecular formula is C16H20N2O3S. The van der Waals surface area contributed by atoms with Crippen LogP contribution in [0.15, 0.2) is 41.4 Å². The summed E-state index contributed by atoms with van der Waals surface area (Å²) < 4.78 is 28.7. The Labute approximate surface area is 131 Å². The van der Waals surface area contributed by atoms with Gasteiger partial charge in [0.15, 0.2) is 9.84 Å². The number of rotatable bonds is 6. The van der Waals surface area contributed by atoms with E-state index in [1.54, 1.807) is 25.4 Å². The first kappa shape index (κ1) is 16.5. The maximum atomic E-state index is 11.7. The van der Waals surface area contributed by atoms with Crippen molar-refractivity contribution in [1.82, 2.24) is 10.3 Å². The molecule has 0 atom stereocenters. The third kappa shape index (κ3) is 4.05. The maximum absolute atomic E-state index is 11.7. The Kier molecular flexibility index (Phi) is 5.15. The van der Waals surface area contributed by atoms with Gasteiger partial charge in [0.05, 0.1) is 17.7 Å². The van der Waals surface area contributed by atoms with Gasteiger partial charge in [-0.2, -0.15) is 0 Å². The van der Waals surface area contributed by atoms with Crippen molar-refractivity contribution in [3.8, 4) is 5.75 Å². The number of nitrogens with zero attached hydrogens (tertiary/aromatic N) is 1. The minimum atomic E-state index is -3.27. The number of hydrogen-bond donors (Lipinski definition) is 1. The number of nitrogens with one attached hydrogen (secondary N) is 1. The van der Waals surface area contributed by atoms with Crippen LogP contribution >= 0.6 is 0 Å². The topological polar surface area (TPSA) is 68.3 Å². The van der Waals surface area contributed by atoms with Crippen molar-refractivity contribution in [2.75, 3.05) is 13.4 Å². The Bertz CT molecular complexity index is 758. The van der Waals surface area contributed by atoms with Crippen LogP contribution in [0.1, 0.15) is 16.8 Å². The average Bonchev–Trinajstić information content (AvgIpc) is 2.48. The van der Waals surface area contributed by atoms with Crippen molar-refractivity contribution in [2.45, 2.75) is 24.9 Å². The number of aryl methyl sites for hydroxylation is 1. The van der Waals surface area contributed by atoms with Crippen molar-refractivity contribution < 1.29 is 13.2 Å². The van der Waals surface area contributed by atoms with E-state index in [-0.39, 0.29) is 4.90 Å². The molecule has 22 heavy (non-hydrogen) atoms. The normalized spacial score (nSPS) is 11.4. The van der Waals surface area contributed by atoms with Gasteiger partial charge < -0.3 is 10.1 Å². The van der Waals surface area contributed by atoms with E-state index in [4.69, 9.17) is 4.74 Å². The lowest BCUT2D eigenvalue weighted by Gasteiger charge is -2.10. The van der Waals surface area contributed by atoms with Gasteiger partial charge in [-0.3, -0.25) is 4.98 Å². The highest BCUT2D eigenvalue weighted by Crippen LogP contribution is 2.19. The average molecular weight is 320 g/mol. The maximum Gasteiger partial charge on any atom is 0.177 e. The molecule has 0 radical (unpaired) electrons. The van der Waals surface area contributed by atoms with Gasteiger partial charge in [-0.15, -0.1) is 0 Å². The summed E-state index contributed by atoms with van der Waals surface area (Å²) in [5, 5.41) is 3.22. The molecule has 5 nitrogen and oxygen atoms in total. The van der Waals surface area contributed by atoms with E-state index in [2.05, 4.69) is 10.3 Å². The second-order valence-corrected chi connectivity index (χ2v) is 7.11. The molecule has 0 saturated carbocycles. The molecule has 0 bridgehead atoms. The highest BCUT2D eigenvalue weighted by Gasteiger charge is 2.13. The van der Waals surface area contributed by atoms with Gasteiger partial charge in [0.2, 0.25) is 0 Å². The molecule has 0 aliphatic carbocycles. The molecule has 1 heterocycles. The molecule has 0 aliphatic heterocycles. The van der Waals surface area contributed by atoms with Gasteiger partial charge in [-0.05, 0) is 36.2 Å². The molecular weight excluding hydrogens is 300 g/mol. The van der Waals surface area contributed by atoms with Crippen molar-refractivity contribution in [1.29, 1.82) is 0 Å². The van der Waals surface area contributed by atoms with Crippen LogP contribution in [0.25, 0.3) is 0 Å². The Morgan fingerprint density at radius 1 is 1.23 bits per heavy atom. The number of pyridine rings is 1. The summed E-state index contributed by atoms with van der Waals surface area (Å²) in [6, 6.07) is 9.19. The number of sulfone groups is 1. The number of ether oxygens (including phenoxy) is 1. The van der Waals surface area contributed by atoms with Crippen molar-refractivity contribution in [2.24, 2.45) is 0 Å². The molecule has 0 unspecified atom stereocenters. The summed E-state index contributed by atoms with van der Waals surface area (Å²) in [7, 11) is -1.62. The lowest BCUT2D eigenvalue weighted by molar-refractivity contribution is 0.411. The van der Waals surface area contributed by atoms with Gasteiger partial charge >= 0.3 is 0 Å². The Hall–Kier alpha value is -1.92. The standard InChI is InChI=1S/C16H20N2O3S/c1-12-6-7-13(9-15(12)21-2)10-17-11-14-16(22(3,19)20)5-4-8-18-14/h4-9,17H,10-11H2,1-3H3. The van der Waals surface area contributed by atoms with Crippen molar-refractivity contribution in [3.05, 3.63) is 53.3 Å². The van der Waals surface area contributed by atoms with Crippen molar-refractivity contribution in [3.63, 3.8) is 0 Å². The van der Waals surface area contributed by atoms with Gasteiger partial charge in [-0.1, -0.05) is 12.1 Å². The van der Waals surface area contributed by atoms with Crippen LogP contribution in [0.3, 0.4) is 0 Å². The quantitative estimate of drug-likeness (QED) is 0.883. The summed E-state index contributed by atoms with van der Waals surface area (Å²) in [5.74, 6) is 0.842. The fraction of sp³-hybridized carbons (Fsp3) is 0.312. The van der Waals surface area contributed by atoms with E-state index in [1.165, 1.54) is 6.26 Å². The van der Waals surface area contributed by atoms with Gasteiger partial charge in [-0.25, -0.2) is 8.42 Å². The second-order valence-electron chi connectivity index (χ2n) is 5.13. The smallest absolute Gasteiger partial charge is 0.177 e. The molecule has 0 saturated heterocycles. The summed E-state index contributed by atoms with van der Waals surface area (Å²) in [6.07, 6.45) is 2.79. The minimum absolute atomic E-state index is 0.268. The summed E-state index contributed by atoms with van der Waals surface area (Å²) in [6.45, 7) is 2.98. The molecule has 6 heteroatoms. The molecule has 2 aromatic rings. The zero-order valence-corrected chi connectivity index (χ0v) is 13.8. The first-order valence-corrected chi connectivity index (χ1v) is 8.79. The highest BCUT2D eigenvalue weighted by molar-refractivity contribution is 7.90. The van der Waals surface area contributed by atoms with E-state index < -0.39 is 9.84 Å². The van der Waals surface area contributed by atoms with Gasteiger partial charge in [0.1, 0.15) is 5.75 Å². The predicted octanol–water partition coefficient (Wildman–Crippen LogP) is 2.09. The first-order valence-electron chi connectivity index (χ1n) is 6.90. The Morgan fingerprint density at radius 2 is 2.00 bits per heavy atom. The van der Waals surface area contributed by atoms with Crippen LogP contribution < -0.4 is 10.1 Å². The molecule has 0 aliphatic rings. The van der Waals surface area contributed by atoms with E-state index in [9.17, 15) is 8.42 Å². The molecule has 1 N–H and O–H groups in total. The van der Waals surface area contributed by atoms with E-state index in [0.717, 1.165) is 16.9 Å². The van der Waals surface area contributed by atoms with Crippen LogP contribution in [0, 0.1) is 6.92 Å². The summed E-state index contributed by atoms with van der Waals surface area (Å²) in [5.41, 5.74) is 2.68. The van der Waals surface area contributed by atoms with Crippen LogP contribution in [-0.2, 0) is 22.9 Å². The summed E-state index contributed by atoms with van der Waals surface area (Å²) in [4.78, 5) is 4.43. The molecule has 1 aromatic heterocycles. The van der Waals surface area contributed by atoms with E-state index >= 15 is 0 Å². The van der Waals surface area contributed by atoms with Gasteiger partial charge in [0.25, 0.3) is 0 Å². The van der Waals surface area contributed by atoms with Crippen LogP contribution in [0.2, 0.25) is 0 Å². The Balaban J connectivity index is 2.06. The van der Waals surface area contributed by atoms with Crippen LogP contribution in [0.4, 0.5) is 0 Å². The lowest BCUT2D eigenvalue weighted by Crippen LogP contribution is -2.16. The number of aromatic nitrogens is 1. The molecule has 118 valence electrons. The summed E-state index contributed by atoms with van der Waals surface area (Å²) >= 11 is 0. The number of methoxy groups -OCH3 is 1. The third-order valence-electron chi connectivity index (χ3n) is 3.34. The second kappa shape index (κ2) is 6.89. The minimum Gasteiger partial charge on any atom is -0.496 e. The van der Waals surface area contributed by atoms with Crippen molar-refractivity contribution >= 4 is 9.84 Å². The lowest BCUT2D eigenvalue weighted by atomic mass is 10.1. The molecule has 2 rings (SSSR count). The number of benzene rings is 1. The first-order chi connectivity index (χ1) is 10.4. The Morgan fingerprint density at radius 3 is 2.68 bits per heavy atom.